The first-order chi connectivity index (χ1) is 5.07. The van der Waals surface area contributed by atoms with Crippen molar-refractivity contribution in [3.8, 4) is 0 Å². The highest BCUT2D eigenvalue weighted by molar-refractivity contribution is 4.68. The van der Waals surface area contributed by atoms with Crippen molar-refractivity contribution in [1.29, 1.82) is 0 Å². The lowest BCUT2D eigenvalue weighted by atomic mass is 10.1. The number of aliphatic hydroxyl groups excluding tert-OH is 2. The van der Waals surface area contributed by atoms with E-state index in [1.807, 2.05) is 25.9 Å². The second kappa shape index (κ2) is 5.52. The minimum absolute atomic E-state index is 0.529. The molecule has 2 atom stereocenters. The van der Waals surface area contributed by atoms with Crippen molar-refractivity contribution in [2.24, 2.45) is 0 Å². The molecule has 0 rings (SSSR count). The zero-order valence-electron chi connectivity index (χ0n) is 7.62. The summed E-state index contributed by atoms with van der Waals surface area (Å²) in [6.07, 6.45) is 0.410. The Kier molecular flexibility index (Phi) is 5.46. The zero-order chi connectivity index (χ0) is 8.85. The number of nitrogens with zero attached hydrogens (tertiary/aromatic N) is 1. The van der Waals surface area contributed by atoms with Crippen LogP contribution in [0.1, 0.15) is 19.8 Å². The van der Waals surface area contributed by atoms with Crippen molar-refractivity contribution in [1.82, 2.24) is 4.90 Å². The van der Waals surface area contributed by atoms with Crippen LogP contribution in [0.15, 0.2) is 0 Å². The molecular formula is C8H19NO2. The molecule has 0 saturated heterocycles. The van der Waals surface area contributed by atoms with E-state index >= 15 is 0 Å². The number of likely N-dealkylation sites (N-methyl/N-ethyl adjacent to an activating group) is 1. The normalized spacial score (nSPS) is 16.9. The van der Waals surface area contributed by atoms with Gasteiger partial charge in [0.1, 0.15) is 0 Å². The third kappa shape index (κ3) is 5.18. The second-order valence-electron chi connectivity index (χ2n) is 3.19. The van der Waals surface area contributed by atoms with Crippen LogP contribution in [0.2, 0.25) is 0 Å². The van der Waals surface area contributed by atoms with Crippen molar-refractivity contribution in [2.45, 2.75) is 32.0 Å². The van der Waals surface area contributed by atoms with Gasteiger partial charge in [-0.3, -0.25) is 0 Å². The van der Waals surface area contributed by atoms with Gasteiger partial charge in [-0.15, -0.1) is 0 Å². The van der Waals surface area contributed by atoms with Crippen LogP contribution in [0, 0.1) is 0 Å². The van der Waals surface area contributed by atoms with Gasteiger partial charge in [-0.25, -0.2) is 0 Å². The molecule has 68 valence electrons. The van der Waals surface area contributed by atoms with Crippen LogP contribution in [0.3, 0.4) is 0 Å². The van der Waals surface area contributed by atoms with Gasteiger partial charge in [0.05, 0.1) is 12.2 Å². The molecule has 2 unspecified atom stereocenters. The Morgan fingerprint density at radius 3 is 2.09 bits per heavy atom. The second-order valence-corrected chi connectivity index (χ2v) is 3.19. The zero-order valence-corrected chi connectivity index (χ0v) is 7.62. The molecule has 0 spiro atoms. The Labute approximate surface area is 68.6 Å². The minimum Gasteiger partial charge on any atom is -0.390 e. The lowest BCUT2D eigenvalue weighted by Crippen LogP contribution is -2.35. The molecule has 0 radical (unpaired) electrons. The molecule has 0 heterocycles. The summed E-state index contributed by atoms with van der Waals surface area (Å²) in [6, 6.07) is 0. The molecule has 0 fully saturated rings. The Morgan fingerprint density at radius 2 is 1.73 bits per heavy atom. The van der Waals surface area contributed by atoms with Crippen molar-refractivity contribution in [2.75, 3.05) is 20.6 Å². The summed E-state index contributed by atoms with van der Waals surface area (Å²) in [5.41, 5.74) is 0. The quantitative estimate of drug-likeness (QED) is 0.599. The van der Waals surface area contributed by atoms with Gasteiger partial charge in [-0.1, -0.05) is 13.3 Å². The summed E-state index contributed by atoms with van der Waals surface area (Å²) in [6.45, 7) is 2.52. The molecule has 0 aromatic heterocycles. The van der Waals surface area contributed by atoms with Crippen molar-refractivity contribution >= 4 is 0 Å². The molecule has 2 N–H and O–H groups in total. The van der Waals surface area contributed by atoms with Crippen LogP contribution in [-0.4, -0.2) is 48.0 Å². The van der Waals surface area contributed by atoms with Crippen molar-refractivity contribution in [3.05, 3.63) is 0 Å². The third-order valence-electron chi connectivity index (χ3n) is 1.58. The molecule has 0 aromatic carbocycles. The van der Waals surface area contributed by atoms with Gasteiger partial charge in [0.25, 0.3) is 0 Å². The summed E-state index contributed by atoms with van der Waals surface area (Å²) < 4.78 is 0. The van der Waals surface area contributed by atoms with Crippen molar-refractivity contribution in [3.63, 3.8) is 0 Å². The summed E-state index contributed by atoms with van der Waals surface area (Å²) in [5.74, 6) is 0. The van der Waals surface area contributed by atoms with E-state index in [4.69, 9.17) is 0 Å². The van der Waals surface area contributed by atoms with Crippen LogP contribution in [-0.2, 0) is 0 Å². The molecule has 3 nitrogen and oxygen atoms in total. The lowest BCUT2D eigenvalue weighted by Gasteiger charge is -2.20. The first kappa shape index (κ1) is 10.9. The van der Waals surface area contributed by atoms with Gasteiger partial charge in [0.2, 0.25) is 0 Å². The van der Waals surface area contributed by atoms with Gasteiger partial charge in [-0.2, -0.15) is 0 Å². The predicted molar refractivity (Wildman–Crippen MR) is 45.5 cm³/mol. The average Bonchev–Trinajstić information content (AvgIpc) is 1.86. The smallest absolute Gasteiger partial charge is 0.0925 e. The molecule has 3 heteroatoms. The lowest BCUT2D eigenvalue weighted by molar-refractivity contribution is 0.000922. The fourth-order valence-corrected chi connectivity index (χ4v) is 0.984. The monoisotopic (exact) mass is 161 g/mol. The van der Waals surface area contributed by atoms with Gasteiger partial charge in [0, 0.05) is 6.54 Å². The SMILES string of the molecule is CCCC(O)C(O)CN(C)C. The Balaban J connectivity index is 3.54. The fraction of sp³-hybridized carbons (Fsp3) is 1.00. The first-order valence-corrected chi connectivity index (χ1v) is 4.08. The standard InChI is InChI=1S/C8H19NO2/c1-4-5-7(10)8(11)6-9(2)3/h7-8,10-11H,4-6H2,1-3H3. The van der Waals surface area contributed by atoms with Gasteiger partial charge in [-0.05, 0) is 20.5 Å². The largest absolute Gasteiger partial charge is 0.390 e. The summed E-state index contributed by atoms with van der Waals surface area (Å²) in [7, 11) is 3.75. The fourth-order valence-electron chi connectivity index (χ4n) is 0.984. The van der Waals surface area contributed by atoms with Crippen LogP contribution < -0.4 is 0 Å². The van der Waals surface area contributed by atoms with Gasteiger partial charge in [0.15, 0.2) is 0 Å². The Hall–Kier alpha value is -0.120. The first-order valence-electron chi connectivity index (χ1n) is 4.08. The molecule has 0 aliphatic carbocycles. The van der Waals surface area contributed by atoms with E-state index in [0.29, 0.717) is 13.0 Å². The molecule has 0 aliphatic rings. The van der Waals surface area contributed by atoms with E-state index in [0.717, 1.165) is 6.42 Å². The highest BCUT2D eigenvalue weighted by Gasteiger charge is 2.15. The highest BCUT2D eigenvalue weighted by atomic mass is 16.3. The molecule has 0 amide bonds. The van der Waals surface area contributed by atoms with E-state index in [9.17, 15) is 10.2 Å². The molecular weight excluding hydrogens is 142 g/mol. The number of hydrogen-bond donors (Lipinski definition) is 2. The van der Waals surface area contributed by atoms with Crippen LogP contribution in [0.25, 0.3) is 0 Å². The molecule has 0 saturated carbocycles. The third-order valence-corrected chi connectivity index (χ3v) is 1.58. The Morgan fingerprint density at radius 1 is 1.18 bits per heavy atom. The minimum atomic E-state index is -0.607. The molecule has 0 aliphatic heterocycles. The molecule has 0 aromatic rings. The highest BCUT2D eigenvalue weighted by Crippen LogP contribution is 2.02. The van der Waals surface area contributed by atoms with E-state index in [2.05, 4.69) is 0 Å². The number of hydrogen-bond acceptors (Lipinski definition) is 3. The van der Waals surface area contributed by atoms with Crippen LogP contribution in [0.5, 0.6) is 0 Å². The van der Waals surface area contributed by atoms with Gasteiger partial charge >= 0.3 is 0 Å². The van der Waals surface area contributed by atoms with E-state index in [-0.39, 0.29) is 0 Å². The van der Waals surface area contributed by atoms with E-state index in [1.165, 1.54) is 0 Å². The van der Waals surface area contributed by atoms with Crippen LogP contribution >= 0.6 is 0 Å². The van der Waals surface area contributed by atoms with Gasteiger partial charge < -0.3 is 15.1 Å². The van der Waals surface area contributed by atoms with E-state index < -0.39 is 12.2 Å². The number of rotatable bonds is 5. The molecule has 0 bridgehead atoms. The maximum atomic E-state index is 9.33. The van der Waals surface area contributed by atoms with Crippen molar-refractivity contribution < 1.29 is 10.2 Å². The Bertz CT molecular complexity index is 96.1. The maximum absolute atomic E-state index is 9.33. The summed E-state index contributed by atoms with van der Waals surface area (Å²) in [5, 5.41) is 18.6. The summed E-state index contributed by atoms with van der Waals surface area (Å²) >= 11 is 0. The maximum Gasteiger partial charge on any atom is 0.0925 e. The van der Waals surface area contributed by atoms with E-state index in [1.54, 1.807) is 0 Å². The molecule has 11 heavy (non-hydrogen) atoms. The predicted octanol–water partition coefficient (Wildman–Crippen LogP) is 0.0699. The summed E-state index contributed by atoms with van der Waals surface area (Å²) in [4.78, 5) is 1.86. The average molecular weight is 161 g/mol. The topological polar surface area (TPSA) is 43.7 Å². The van der Waals surface area contributed by atoms with Crippen LogP contribution in [0.4, 0.5) is 0 Å². The number of aliphatic hydroxyl groups is 2.